The largest absolute Gasteiger partial charge is 0.472 e. The van der Waals surface area contributed by atoms with Crippen molar-refractivity contribution in [2.45, 2.75) is 32.7 Å². The van der Waals surface area contributed by atoms with E-state index in [1.54, 1.807) is 12.5 Å². The predicted molar refractivity (Wildman–Crippen MR) is 80.8 cm³/mol. The van der Waals surface area contributed by atoms with Gasteiger partial charge in [-0.05, 0) is 24.3 Å². The second-order valence-electron chi connectivity index (χ2n) is 6.05. The van der Waals surface area contributed by atoms with Crippen LogP contribution in [0.4, 0.5) is 5.69 Å². The lowest BCUT2D eigenvalue weighted by Crippen LogP contribution is -2.12. The van der Waals surface area contributed by atoms with Crippen molar-refractivity contribution in [1.82, 2.24) is 9.97 Å². The van der Waals surface area contributed by atoms with Crippen LogP contribution in [0, 0.1) is 0 Å². The number of hydrogen-bond donors (Lipinski definition) is 2. The Morgan fingerprint density at radius 2 is 2.10 bits per heavy atom. The van der Waals surface area contributed by atoms with E-state index in [2.05, 4.69) is 48.2 Å². The number of nitrogens with one attached hydrogen (secondary N) is 2. The van der Waals surface area contributed by atoms with Crippen molar-refractivity contribution < 1.29 is 4.42 Å². The van der Waals surface area contributed by atoms with Gasteiger partial charge in [0.25, 0.3) is 0 Å². The lowest BCUT2D eigenvalue weighted by molar-refractivity contribution is 0.554. The summed E-state index contributed by atoms with van der Waals surface area (Å²) in [6.45, 7) is 7.22. The van der Waals surface area contributed by atoms with E-state index in [1.165, 1.54) is 0 Å². The number of hydrogen-bond acceptors (Lipinski definition) is 3. The Labute approximate surface area is 118 Å². The van der Waals surface area contributed by atoms with Gasteiger partial charge in [0.2, 0.25) is 0 Å². The number of fused-ring (bicyclic) bond motifs is 1. The summed E-state index contributed by atoms with van der Waals surface area (Å²) in [5.74, 6) is 1.01. The van der Waals surface area contributed by atoms with Crippen molar-refractivity contribution in [3.8, 4) is 0 Å². The average molecular weight is 269 g/mol. The highest BCUT2D eigenvalue weighted by atomic mass is 16.3. The number of H-pyrrole nitrogens is 1. The van der Waals surface area contributed by atoms with Crippen LogP contribution in [0.5, 0.6) is 0 Å². The molecular formula is C16H19N3O. The van der Waals surface area contributed by atoms with Crippen LogP contribution in [-0.2, 0) is 12.0 Å². The highest BCUT2D eigenvalue weighted by Gasteiger charge is 2.18. The summed E-state index contributed by atoms with van der Waals surface area (Å²) in [4.78, 5) is 8.04. The lowest BCUT2D eigenvalue weighted by Gasteiger charge is -2.13. The maximum absolute atomic E-state index is 5.06. The molecular weight excluding hydrogens is 250 g/mol. The third kappa shape index (κ3) is 2.54. The van der Waals surface area contributed by atoms with Gasteiger partial charge in [-0.25, -0.2) is 4.98 Å². The summed E-state index contributed by atoms with van der Waals surface area (Å²) >= 11 is 0. The summed E-state index contributed by atoms with van der Waals surface area (Å²) in [5.41, 5.74) is 4.30. The molecule has 0 aliphatic heterocycles. The molecule has 104 valence electrons. The first-order valence-corrected chi connectivity index (χ1v) is 6.77. The van der Waals surface area contributed by atoms with E-state index < -0.39 is 0 Å². The lowest BCUT2D eigenvalue weighted by atomic mass is 9.96. The Balaban J connectivity index is 1.83. The number of aromatic nitrogens is 2. The van der Waals surface area contributed by atoms with Crippen LogP contribution in [-0.4, -0.2) is 9.97 Å². The van der Waals surface area contributed by atoms with Gasteiger partial charge in [0.15, 0.2) is 0 Å². The highest BCUT2D eigenvalue weighted by Crippen LogP contribution is 2.24. The number of rotatable bonds is 3. The molecule has 0 spiro atoms. The first-order valence-electron chi connectivity index (χ1n) is 6.77. The van der Waals surface area contributed by atoms with Crippen LogP contribution in [0.25, 0.3) is 11.0 Å². The Kier molecular flexibility index (Phi) is 3.01. The Bertz CT molecular complexity index is 705. The molecule has 0 saturated heterocycles. The van der Waals surface area contributed by atoms with Gasteiger partial charge < -0.3 is 14.7 Å². The fraction of sp³-hybridized carbons (Fsp3) is 0.312. The number of furan rings is 1. The zero-order valence-electron chi connectivity index (χ0n) is 12.0. The number of imidazole rings is 1. The van der Waals surface area contributed by atoms with Gasteiger partial charge in [-0.1, -0.05) is 20.8 Å². The minimum Gasteiger partial charge on any atom is -0.472 e. The molecule has 0 saturated carbocycles. The fourth-order valence-corrected chi connectivity index (χ4v) is 2.07. The summed E-state index contributed by atoms with van der Waals surface area (Å²) < 4.78 is 5.06. The Hall–Kier alpha value is -2.23. The molecule has 4 heteroatoms. The van der Waals surface area contributed by atoms with Crippen molar-refractivity contribution >= 4 is 16.7 Å². The SMILES string of the molecule is CC(C)(C)c1nc2ccc(NCc3ccoc3)cc2[nH]1. The van der Waals surface area contributed by atoms with Crippen molar-refractivity contribution in [1.29, 1.82) is 0 Å². The molecule has 0 amide bonds. The van der Waals surface area contributed by atoms with E-state index in [9.17, 15) is 0 Å². The zero-order valence-corrected chi connectivity index (χ0v) is 12.0. The maximum atomic E-state index is 5.06. The molecule has 0 aliphatic carbocycles. The average Bonchev–Trinajstić information content (AvgIpc) is 3.04. The third-order valence-corrected chi connectivity index (χ3v) is 3.27. The van der Waals surface area contributed by atoms with E-state index in [-0.39, 0.29) is 5.41 Å². The van der Waals surface area contributed by atoms with E-state index in [4.69, 9.17) is 4.42 Å². The molecule has 1 aromatic carbocycles. The normalized spacial score (nSPS) is 11.9. The van der Waals surface area contributed by atoms with Gasteiger partial charge in [-0.3, -0.25) is 0 Å². The van der Waals surface area contributed by atoms with Crippen LogP contribution in [0.2, 0.25) is 0 Å². The Morgan fingerprint density at radius 3 is 2.80 bits per heavy atom. The van der Waals surface area contributed by atoms with Crippen LogP contribution < -0.4 is 5.32 Å². The predicted octanol–water partition coefficient (Wildman–Crippen LogP) is 4.07. The number of anilines is 1. The first-order chi connectivity index (χ1) is 9.52. The summed E-state index contributed by atoms with van der Waals surface area (Å²) in [5, 5.41) is 3.38. The van der Waals surface area contributed by atoms with Crippen molar-refractivity contribution in [3.05, 3.63) is 48.2 Å². The summed E-state index contributed by atoms with van der Waals surface area (Å²) in [6.07, 6.45) is 3.43. The van der Waals surface area contributed by atoms with Gasteiger partial charge >= 0.3 is 0 Å². The molecule has 0 radical (unpaired) electrons. The van der Waals surface area contributed by atoms with E-state index in [1.807, 2.05) is 12.1 Å². The molecule has 2 heterocycles. The molecule has 3 aromatic rings. The second-order valence-corrected chi connectivity index (χ2v) is 6.05. The molecule has 0 unspecified atom stereocenters. The van der Waals surface area contributed by atoms with Gasteiger partial charge in [-0.2, -0.15) is 0 Å². The second kappa shape index (κ2) is 4.71. The number of aromatic amines is 1. The fourth-order valence-electron chi connectivity index (χ4n) is 2.07. The minimum absolute atomic E-state index is 0.0312. The van der Waals surface area contributed by atoms with Gasteiger partial charge in [-0.15, -0.1) is 0 Å². The van der Waals surface area contributed by atoms with Gasteiger partial charge in [0, 0.05) is 23.2 Å². The molecule has 0 aliphatic rings. The highest BCUT2D eigenvalue weighted by molar-refractivity contribution is 5.79. The van der Waals surface area contributed by atoms with Crippen molar-refractivity contribution in [2.24, 2.45) is 0 Å². The van der Waals surface area contributed by atoms with Crippen LogP contribution in [0.3, 0.4) is 0 Å². The van der Waals surface area contributed by atoms with E-state index in [0.29, 0.717) is 0 Å². The first kappa shape index (κ1) is 12.8. The maximum Gasteiger partial charge on any atom is 0.112 e. The molecule has 0 fully saturated rings. The monoisotopic (exact) mass is 269 g/mol. The van der Waals surface area contributed by atoms with E-state index >= 15 is 0 Å². The number of benzene rings is 1. The minimum atomic E-state index is 0.0312. The molecule has 0 atom stereocenters. The molecule has 0 bridgehead atoms. The van der Waals surface area contributed by atoms with Crippen molar-refractivity contribution in [2.75, 3.05) is 5.32 Å². The van der Waals surface area contributed by atoms with E-state index in [0.717, 1.165) is 34.7 Å². The van der Waals surface area contributed by atoms with Crippen molar-refractivity contribution in [3.63, 3.8) is 0 Å². The van der Waals surface area contributed by atoms with Gasteiger partial charge in [0.1, 0.15) is 5.82 Å². The smallest absolute Gasteiger partial charge is 0.112 e. The Morgan fingerprint density at radius 1 is 1.25 bits per heavy atom. The molecule has 3 rings (SSSR count). The quantitative estimate of drug-likeness (QED) is 0.753. The summed E-state index contributed by atoms with van der Waals surface area (Å²) in [7, 11) is 0. The van der Waals surface area contributed by atoms with Gasteiger partial charge in [0.05, 0.1) is 23.6 Å². The topological polar surface area (TPSA) is 53.9 Å². The molecule has 20 heavy (non-hydrogen) atoms. The third-order valence-electron chi connectivity index (χ3n) is 3.27. The van der Waals surface area contributed by atoms with Crippen LogP contribution >= 0.6 is 0 Å². The summed E-state index contributed by atoms with van der Waals surface area (Å²) in [6, 6.07) is 8.14. The van der Waals surface area contributed by atoms with Crippen LogP contribution in [0.1, 0.15) is 32.2 Å². The molecule has 2 N–H and O–H groups in total. The van der Waals surface area contributed by atoms with Crippen LogP contribution in [0.15, 0.2) is 41.2 Å². The molecule has 4 nitrogen and oxygen atoms in total. The zero-order chi connectivity index (χ0) is 14.2. The number of nitrogens with zero attached hydrogens (tertiary/aromatic N) is 1. The molecule has 2 aromatic heterocycles. The standard InChI is InChI=1S/C16H19N3O/c1-16(2,3)15-18-13-5-4-12(8-14(13)19-15)17-9-11-6-7-20-10-11/h4-8,10,17H,9H2,1-3H3,(H,18,19).